The monoisotopic (exact) mass is 397 g/mol. The van der Waals surface area contributed by atoms with Crippen LogP contribution in [0.4, 0.5) is 15.9 Å². The lowest BCUT2D eigenvalue weighted by Gasteiger charge is -2.44. The molecule has 3 aromatic heterocycles. The number of carbonyl (C=O) groups is 1. The topological polar surface area (TPSA) is 111 Å². The molecule has 3 aromatic rings. The van der Waals surface area contributed by atoms with Gasteiger partial charge in [0.25, 0.3) is 5.91 Å². The van der Waals surface area contributed by atoms with E-state index >= 15 is 0 Å². The number of hydrogen-bond acceptors (Lipinski definition) is 7. The molecule has 10 heteroatoms. The molecule has 150 valence electrons. The summed E-state index contributed by atoms with van der Waals surface area (Å²) in [5.41, 5.74) is 6.56. The van der Waals surface area contributed by atoms with Crippen LogP contribution in [-0.4, -0.2) is 56.1 Å². The second-order valence-corrected chi connectivity index (χ2v) is 7.42. The first-order valence-corrected chi connectivity index (χ1v) is 9.52. The minimum Gasteiger partial charge on any atom is -0.487 e. The molecule has 3 saturated heterocycles. The van der Waals surface area contributed by atoms with Crippen molar-refractivity contribution in [2.75, 3.05) is 30.7 Å². The van der Waals surface area contributed by atoms with Gasteiger partial charge in [-0.2, -0.15) is 0 Å². The fourth-order valence-electron chi connectivity index (χ4n) is 4.12. The number of carbonyl (C=O) groups excluding carboxylic acids is 1. The summed E-state index contributed by atoms with van der Waals surface area (Å²) in [6.07, 6.45) is 7.62. The van der Waals surface area contributed by atoms with E-state index < -0.39 is 11.7 Å². The van der Waals surface area contributed by atoms with Gasteiger partial charge in [-0.25, -0.2) is 13.9 Å². The second-order valence-electron chi connectivity index (χ2n) is 7.42. The predicted molar refractivity (Wildman–Crippen MR) is 103 cm³/mol. The number of hydrogen-bond donors (Lipinski definition) is 2. The maximum atomic E-state index is 13.4. The molecule has 6 rings (SSSR count). The molecule has 3 aliphatic rings. The SMILES string of the molecule is Nc1nn2cc(F)cnc2c1C(=O)Nc1cnccc1OC1CN2CCC1CC2. The van der Waals surface area contributed by atoms with Gasteiger partial charge in [-0.15, -0.1) is 5.10 Å². The molecule has 9 nitrogen and oxygen atoms in total. The number of fused-ring (bicyclic) bond motifs is 4. The molecule has 3 fully saturated rings. The maximum Gasteiger partial charge on any atom is 0.263 e. The van der Waals surface area contributed by atoms with Gasteiger partial charge in [0.2, 0.25) is 0 Å². The Morgan fingerprint density at radius 2 is 2.14 bits per heavy atom. The van der Waals surface area contributed by atoms with Crippen molar-refractivity contribution in [3.05, 3.63) is 42.2 Å². The quantitative estimate of drug-likeness (QED) is 0.687. The van der Waals surface area contributed by atoms with E-state index in [9.17, 15) is 9.18 Å². The van der Waals surface area contributed by atoms with Gasteiger partial charge in [0.05, 0.1) is 18.6 Å². The number of nitrogen functional groups attached to an aromatic ring is 1. The molecule has 6 heterocycles. The number of amides is 1. The fourth-order valence-corrected chi connectivity index (χ4v) is 4.12. The number of nitrogens with two attached hydrogens (primary N) is 1. The first-order chi connectivity index (χ1) is 14.1. The summed E-state index contributed by atoms with van der Waals surface area (Å²) in [5.74, 6) is -0.0487. The van der Waals surface area contributed by atoms with E-state index in [1.807, 2.05) is 0 Å². The Labute approximate surface area is 165 Å². The molecular formula is C19H20FN7O2. The van der Waals surface area contributed by atoms with Crippen LogP contribution in [0, 0.1) is 11.7 Å². The van der Waals surface area contributed by atoms with Gasteiger partial charge in [0.1, 0.15) is 23.1 Å². The number of piperidine rings is 3. The molecule has 2 bridgehead atoms. The summed E-state index contributed by atoms with van der Waals surface area (Å²) in [6, 6.07) is 1.74. The Morgan fingerprint density at radius 3 is 2.90 bits per heavy atom. The standard InChI is InChI=1S/C19H20FN7O2/c20-12-7-23-18-16(17(21)25-27(18)9-12)19(28)24-13-8-22-4-1-14(13)29-15-10-26-5-2-11(15)3-6-26/h1,4,7-9,11,15H,2-3,5-6,10H2,(H2,21,25)(H,24,28). The Kier molecular flexibility index (Phi) is 4.27. The Balaban J connectivity index is 1.40. The van der Waals surface area contributed by atoms with Crippen LogP contribution in [0.5, 0.6) is 5.75 Å². The Hall–Kier alpha value is -3.27. The molecule has 29 heavy (non-hydrogen) atoms. The van der Waals surface area contributed by atoms with Crippen LogP contribution in [0.2, 0.25) is 0 Å². The third-order valence-corrected chi connectivity index (χ3v) is 5.60. The molecule has 0 radical (unpaired) electrons. The lowest BCUT2D eigenvalue weighted by Crippen LogP contribution is -2.52. The van der Waals surface area contributed by atoms with Crippen LogP contribution < -0.4 is 15.8 Å². The largest absolute Gasteiger partial charge is 0.487 e. The van der Waals surface area contributed by atoms with Gasteiger partial charge >= 0.3 is 0 Å². The molecule has 1 amide bonds. The van der Waals surface area contributed by atoms with Gasteiger partial charge in [-0.3, -0.25) is 14.7 Å². The van der Waals surface area contributed by atoms with Gasteiger partial charge in [-0.05, 0) is 31.8 Å². The Morgan fingerprint density at radius 1 is 1.31 bits per heavy atom. The van der Waals surface area contributed by atoms with Crippen molar-refractivity contribution in [3.8, 4) is 5.75 Å². The van der Waals surface area contributed by atoms with E-state index in [0.29, 0.717) is 17.4 Å². The second kappa shape index (κ2) is 6.96. The van der Waals surface area contributed by atoms with E-state index in [1.54, 1.807) is 12.3 Å². The van der Waals surface area contributed by atoms with Crippen molar-refractivity contribution in [2.24, 2.45) is 5.92 Å². The van der Waals surface area contributed by atoms with Crippen LogP contribution in [-0.2, 0) is 0 Å². The van der Waals surface area contributed by atoms with Gasteiger partial charge in [0, 0.05) is 18.8 Å². The highest BCUT2D eigenvalue weighted by Crippen LogP contribution is 2.33. The fraction of sp³-hybridized carbons (Fsp3) is 0.368. The predicted octanol–water partition coefficient (Wildman–Crippen LogP) is 1.57. The van der Waals surface area contributed by atoms with E-state index in [0.717, 1.165) is 49.4 Å². The summed E-state index contributed by atoms with van der Waals surface area (Å²) in [5, 5.41) is 6.74. The van der Waals surface area contributed by atoms with E-state index in [4.69, 9.17) is 10.5 Å². The summed E-state index contributed by atoms with van der Waals surface area (Å²) >= 11 is 0. The van der Waals surface area contributed by atoms with Crippen molar-refractivity contribution >= 4 is 23.1 Å². The number of aromatic nitrogens is 4. The number of rotatable bonds is 4. The van der Waals surface area contributed by atoms with Crippen LogP contribution in [0.25, 0.3) is 5.65 Å². The summed E-state index contributed by atoms with van der Waals surface area (Å²) in [6.45, 7) is 3.12. The van der Waals surface area contributed by atoms with E-state index in [2.05, 4.69) is 25.3 Å². The van der Waals surface area contributed by atoms with Gasteiger partial charge < -0.3 is 15.8 Å². The number of anilines is 2. The third kappa shape index (κ3) is 3.25. The zero-order valence-corrected chi connectivity index (χ0v) is 15.6. The molecule has 0 aliphatic carbocycles. The average molecular weight is 397 g/mol. The summed E-state index contributed by atoms with van der Waals surface area (Å²) in [4.78, 5) is 23.3. The van der Waals surface area contributed by atoms with Crippen LogP contribution >= 0.6 is 0 Å². The van der Waals surface area contributed by atoms with Crippen molar-refractivity contribution in [1.29, 1.82) is 0 Å². The highest BCUT2D eigenvalue weighted by atomic mass is 19.1. The third-order valence-electron chi connectivity index (χ3n) is 5.60. The number of nitrogens with zero attached hydrogens (tertiary/aromatic N) is 5. The average Bonchev–Trinajstić information content (AvgIpc) is 3.05. The van der Waals surface area contributed by atoms with E-state index in [1.165, 1.54) is 6.20 Å². The molecule has 1 unspecified atom stereocenters. The molecule has 3 aliphatic heterocycles. The smallest absolute Gasteiger partial charge is 0.263 e. The first kappa shape index (κ1) is 17.8. The van der Waals surface area contributed by atoms with Crippen LogP contribution in [0.1, 0.15) is 23.2 Å². The summed E-state index contributed by atoms with van der Waals surface area (Å²) < 4.78 is 20.8. The van der Waals surface area contributed by atoms with Crippen LogP contribution in [0.15, 0.2) is 30.9 Å². The maximum absolute atomic E-state index is 13.4. The van der Waals surface area contributed by atoms with E-state index in [-0.39, 0.29) is 23.1 Å². The zero-order chi connectivity index (χ0) is 20.0. The highest BCUT2D eigenvalue weighted by Gasteiger charge is 2.36. The molecule has 1 atom stereocenters. The van der Waals surface area contributed by atoms with Gasteiger partial charge in [0.15, 0.2) is 17.3 Å². The number of ether oxygens (including phenoxy) is 1. The number of pyridine rings is 1. The lowest BCUT2D eigenvalue weighted by atomic mass is 9.86. The zero-order valence-electron chi connectivity index (χ0n) is 15.6. The number of halogens is 1. The first-order valence-electron chi connectivity index (χ1n) is 9.52. The molecule has 0 saturated carbocycles. The van der Waals surface area contributed by atoms with Crippen molar-refractivity contribution < 1.29 is 13.9 Å². The number of nitrogens with one attached hydrogen (secondary N) is 1. The molecule has 3 N–H and O–H groups in total. The minimum atomic E-state index is -0.576. The normalized spacial score (nSPS) is 23.3. The lowest BCUT2D eigenvalue weighted by molar-refractivity contribution is -0.00745. The van der Waals surface area contributed by atoms with Crippen molar-refractivity contribution in [2.45, 2.75) is 18.9 Å². The van der Waals surface area contributed by atoms with Gasteiger partial charge in [-0.1, -0.05) is 0 Å². The van der Waals surface area contributed by atoms with Crippen molar-refractivity contribution in [3.63, 3.8) is 0 Å². The molecule has 0 spiro atoms. The Bertz CT molecular complexity index is 1080. The minimum absolute atomic E-state index is 0.0376. The highest BCUT2D eigenvalue weighted by molar-refractivity contribution is 6.11. The van der Waals surface area contributed by atoms with Crippen molar-refractivity contribution in [1.82, 2.24) is 24.5 Å². The molecular weight excluding hydrogens is 377 g/mol. The molecule has 0 aromatic carbocycles. The summed E-state index contributed by atoms with van der Waals surface area (Å²) in [7, 11) is 0. The van der Waals surface area contributed by atoms with Crippen LogP contribution in [0.3, 0.4) is 0 Å².